The maximum Gasteiger partial charge on any atom is 0.242 e. The molecule has 1 atom stereocenters. The van der Waals surface area contributed by atoms with Crippen LogP contribution in [0.4, 0.5) is 0 Å². The molecule has 10 heteroatoms. The highest BCUT2D eigenvalue weighted by Gasteiger charge is 2.25. The normalized spacial score (nSPS) is 18.7. The van der Waals surface area contributed by atoms with Crippen LogP contribution < -0.4 is 11.1 Å². The van der Waals surface area contributed by atoms with Gasteiger partial charge in [0, 0.05) is 39.3 Å². The van der Waals surface area contributed by atoms with Gasteiger partial charge in [-0.05, 0) is 25.2 Å². The summed E-state index contributed by atoms with van der Waals surface area (Å²) in [4.78, 5) is 42.2. The molecule has 164 valence electrons. The van der Waals surface area contributed by atoms with Crippen LogP contribution in [0.25, 0.3) is 0 Å². The van der Waals surface area contributed by atoms with Crippen molar-refractivity contribution in [2.24, 2.45) is 11.7 Å². The maximum atomic E-state index is 12.3. The predicted molar refractivity (Wildman–Crippen MR) is 114 cm³/mol. The molecule has 3 N–H and O–H groups in total. The van der Waals surface area contributed by atoms with Gasteiger partial charge in [0.2, 0.25) is 17.7 Å². The van der Waals surface area contributed by atoms with Crippen LogP contribution in [0.15, 0.2) is 0 Å². The summed E-state index contributed by atoms with van der Waals surface area (Å²) in [6.45, 7) is 8.43. The molecule has 0 aliphatic carbocycles. The van der Waals surface area contributed by atoms with E-state index in [-0.39, 0.29) is 55.0 Å². The van der Waals surface area contributed by atoms with Crippen molar-refractivity contribution >= 4 is 42.5 Å². The third-order valence-corrected chi connectivity index (χ3v) is 5.23. The summed E-state index contributed by atoms with van der Waals surface area (Å²) >= 11 is 0. The Balaban J connectivity index is 0.00000364. The van der Waals surface area contributed by atoms with Gasteiger partial charge in [-0.15, -0.1) is 24.8 Å². The lowest BCUT2D eigenvalue weighted by Crippen LogP contribution is -2.54. The van der Waals surface area contributed by atoms with E-state index in [4.69, 9.17) is 5.73 Å². The number of hydrogen-bond donors (Lipinski definition) is 2. The number of likely N-dealkylation sites (tertiary alicyclic amines) is 1. The van der Waals surface area contributed by atoms with Gasteiger partial charge in [0.15, 0.2) is 0 Å². The minimum Gasteiger partial charge on any atom is -0.346 e. The van der Waals surface area contributed by atoms with Crippen molar-refractivity contribution < 1.29 is 14.4 Å². The van der Waals surface area contributed by atoms with Crippen molar-refractivity contribution in [1.82, 2.24) is 20.0 Å². The average Bonchev–Trinajstić information content (AvgIpc) is 2.66. The molecular formula is C18H35Cl2N5O3. The topological polar surface area (TPSA) is 99.0 Å². The quantitative estimate of drug-likeness (QED) is 0.610. The Labute approximate surface area is 180 Å². The Morgan fingerprint density at radius 1 is 0.857 bits per heavy atom. The number of carbonyl (C=O) groups is 3. The number of halogens is 2. The first kappa shape index (κ1) is 26.9. The van der Waals surface area contributed by atoms with E-state index < -0.39 is 6.04 Å². The summed E-state index contributed by atoms with van der Waals surface area (Å²) in [6.07, 6.45) is 3.41. The molecule has 2 fully saturated rings. The molecule has 0 aromatic rings. The van der Waals surface area contributed by atoms with Crippen molar-refractivity contribution in [3.05, 3.63) is 0 Å². The largest absolute Gasteiger partial charge is 0.346 e. The molecule has 0 spiro atoms. The highest BCUT2D eigenvalue weighted by molar-refractivity contribution is 5.87. The molecule has 2 saturated heterocycles. The van der Waals surface area contributed by atoms with Crippen LogP contribution in [0.3, 0.4) is 0 Å². The van der Waals surface area contributed by atoms with Gasteiger partial charge in [0.1, 0.15) is 0 Å². The molecule has 2 rings (SSSR count). The number of amides is 3. The summed E-state index contributed by atoms with van der Waals surface area (Å²) in [5.41, 5.74) is 5.77. The smallest absolute Gasteiger partial charge is 0.242 e. The Morgan fingerprint density at radius 2 is 1.39 bits per heavy atom. The molecule has 2 aliphatic heterocycles. The number of nitrogens with zero attached hydrogens (tertiary/aromatic N) is 3. The average molecular weight is 440 g/mol. The van der Waals surface area contributed by atoms with Crippen molar-refractivity contribution in [3.63, 3.8) is 0 Å². The first-order chi connectivity index (χ1) is 12.4. The monoisotopic (exact) mass is 439 g/mol. The Bertz CT molecular complexity index is 507. The van der Waals surface area contributed by atoms with E-state index in [1.165, 1.54) is 6.42 Å². The lowest BCUT2D eigenvalue weighted by molar-refractivity contribution is -0.136. The predicted octanol–water partition coefficient (Wildman–Crippen LogP) is 0.0862. The molecule has 3 amide bonds. The lowest BCUT2D eigenvalue weighted by atomic mass is 10.1. The highest BCUT2D eigenvalue weighted by atomic mass is 35.5. The minimum absolute atomic E-state index is 0. The summed E-state index contributed by atoms with van der Waals surface area (Å²) < 4.78 is 0. The van der Waals surface area contributed by atoms with Gasteiger partial charge in [0.25, 0.3) is 0 Å². The van der Waals surface area contributed by atoms with E-state index in [9.17, 15) is 14.4 Å². The van der Waals surface area contributed by atoms with E-state index in [0.717, 1.165) is 25.9 Å². The Kier molecular flexibility index (Phi) is 12.7. The van der Waals surface area contributed by atoms with Crippen LogP contribution in [0.5, 0.6) is 0 Å². The van der Waals surface area contributed by atoms with Gasteiger partial charge in [-0.3, -0.25) is 19.3 Å². The third-order valence-electron chi connectivity index (χ3n) is 5.23. The van der Waals surface area contributed by atoms with Crippen LogP contribution in [-0.4, -0.2) is 90.8 Å². The molecule has 8 nitrogen and oxygen atoms in total. The van der Waals surface area contributed by atoms with E-state index >= 15 is 0 Å². The van der Waals surface area contributed by atoms with Crippen molar-refractivity contribution in [2.75, 3.05) is 52.4 Å². The fourth-order valence-corrected chi connectivity index (χ4v) is 3.29. The van der Waals surface area contributed by atoms with Gasteiger partial charge in [-0.25, -0.2) is 0 Å². The van der Waals surface area contributed by atoms with Crippen LogP contribution in [-0.2, 0) is 14.4 Å². The minimum atomic E-state index is -0.597. The second-order valence-electron chi connectivity index (χ2n) is 7.59. The van der Waals surface area contributed by atoms with Gasteiger partial charge in [-0.1, -0.05) is 13.8 Å². The number of piperidine rings is 1. The van der Waals surface area contributed by atoms with Crippen LogP contribution in [0.1, 0.15) is 33.1 Å². The molecule has 28 heavy (non-hydrogen) atoms. The Hall–Kier alpha value is -1.09. The van der Waals surface area contributed by atoms with Gasteiger partial charge in [-0.2, -0.15) is 0 Å². The standard InChI is InChI=1S/C18H33N5O3.2ClH/c1-14(2)17(19)18(26)20-12-15(24)23-10-8-21(9-11-23)13-16(25)22-6-4-3-5-7-22;;/h14,17H,3-13,19H2,1-2H3,(H,20,26);2*1H/t17-;;/m0../s1. The molecular weight excluding hydrogens is 405 g/mol. The van der Waals surface area contributed by atoms with Crippen molar-refractivity contribution in [2.45, 2.75) is 39.2 Å². The van der Waals surface area contributed by atoms with E-state index in [0.29, 0.717) is 32.7 Å². The molecule has 0 unspecified atom stereocenters. The SMILES string of the molecule is CC(C)[C@H](N)C(=O)NCC(=O)N1CCN(CC(=O)N2CCCCC2)CC1.Cl.Cl. The summed E-state index contributed by atoms with van der Waals surface area (Å²) in [5.74, 6) is -0.166. The summed E-state index contributed by atoms with van der Waals surface area (Å²) in [5, 5.41) is 2.62. The van der Waals surface area contributed by atoms with Gasteiger partial charge < -0.3 is 20.9 Å². The number of nitrogens with one attached hydrogen (secondary N) is 1. The molecule has 0 radical (unpaired) electrons. The van der Waals surface area contributed by atoms with E-state index in [2.05, 4.69) is 10.2 Å². The number of piperazine rings is 1. The molecule has 2 heterocycles. The second-order valence-corrected chi connectivity index (χ2v) is 7.59. The van der Waals surface area contributed by atoms with Crippen LogP contribution in [0, 0.1) is 5.92 Å². The van der Waals surface area contributed by atoms with E-state index in [1.54, 1.807) is 4.90 Å². The molecule has 0 bridgehead atoms. The zero-order valence-electron chi connectivity index (χ0n) is 16.9. The highest BCUT2D eigenvalue weighted by Crippen LogP contribution is 2.10. The fourth-order valence-electron chi connectivity index (χ4n) is 3.29. The molecule has 0 saturated carbocycles. The van der Waals surface area contributed by atoms with Gasteiger partial charge >= 0.3 is 0 Å². The molecule has 0 aromatic heterocycles. The van der Waals surface area contributed by atoms with Gasteiger partial charge in [0.05, 0.1) is 19.1 Å². The first-order valence-corrected chi connectivity index (χ1v) is 9.69. The van der Waals surface area contributed by atoms with Crippen molar-refractivity contribution in [1.29, 1.82) is 0 Å². The second kappa shape index (κ2) is 13.2. The lowest BCUT2D eigenvalue weighted by Gasteiger charge is -2.36. The molecule has 2 aliphatic rings. The zero-order valence-corrected chi connectivity index (χ0v) is 18.5. The molecule has 0 aromatic carbocycles. The number of carbonyl (C=O) groups excluding carboxylic acids is 3. The number of nitrogens with two attached hydrogens (primary N) is 1. The number of rotatable bonds is 6. The number of hydrogen-bond acceptors (Lipinski definition) is 5. The zero-order chi connectivity index (χ0) is 19.1. The Morgan fingerprint density at radius 3 is 1.93 bits per heavy atom. The third kappa shape index (κ3) is 8.11. The maximum absolute atomic E-state index is 12.3. The van der Waals surface area contributed by atoms with E-state index in [1.807, 2.05) is 18.7 Å². The van der Waals surface area contributed by atoms with Crippen molar-refractivity contribution in [3.8, 4) is 0 Å². The fraction of sp³-hybridized carbons (Fsp3) is 0.833. The summed E-state index contributed by atoms with van der Waals surface area (Å²) in [6, 6.07) is -0.597. The van der Waals surface area contributed by atoms with Crippen LogP contribution >= 0.6 is 24.8 Å². The first-order valence-electron chi connectivity index (χ1n) is 9.69. The van der Waals surface area contributed by atoms with Crippen LogP contribution in [0.2, 0.25) is 0 Å². The summed E-state index contributed by atoms with van der Waals surface area (Å²) in [7, 11) is 0.